The molecule has 0 bridgehead atoms. The van der Waals surface area contributed by atoms with Gasteiger partial charge < -0.3 is 14.9 Å². The zero-order valence-electron chi connectivity index (χ0n) is 11.8. The van der Waals surface area contributed by atoms with Crippen LogP contribution in [0, 0.1) is 0 Å². The van der Waals surface area contributed by atoms with Crippen molar-refractivity contribution in [2.24, 2.45) is 0 Å². The van der Waals surface area contributed by atoms with Crippen molar-refractivity contribution in [2.45, 2.75) is 31.2 Å². The third-order valence-corrected chi connectivity index (χ3v) is 4.85. The smallest absolute Gasteiger partial charge is 0.423 e. The summed E-state index contributed by atoms with van der Waals surface area (Å²) in [6, 6.07) is 16.8. The van der Waals surface area contributed by atoms with Crippen LogP contribution in [-0.4, -0.2) is 23.2 Å². The molecule has 0 amide bonds. The van der Waals surface area contributed by atoms with Crippen molar-refractivity contribution < 1.29 is 10.0 Å². The van der Waals surface area contributed by atoms with Gasteiger partial charge in [0.05, 0.1) is 0 Å². The minimum absolute atomic E-state index is 0.508. The molecule has 106 valence electrons. The van der Waals surface area contributed by atoms with E-state index < -0.39 is 7.12 Å². The van der Waals surface area contributed by atoms with E-state index in [0.717, 1.165) is 0 Å². The van der Waals surface area contributed by atoms with Crippen LogP contribution in [0.2, 0.25) is 0 Å². The largest absolute Gasteiger partial charge is 0.488 e. The van der Waals surface area contributed by atoms with Crippen LogP contribution < -0.4 is 10.4 Å². The van der Waals surface area contributed by atoms with E-state index in [9.17, 15) is 10.0 Å². The molecule has 1 heterocycles. The zero-order chi connectivity index (χ0) is 14.4. The number of hydrogen-bond acceptors (Lipinski definition) is 3. The van der Waals surface area contributed by atoms with Crippen LogP contribution in [0.1, 0.15) is 30.7 Å². The second kappa shape index (κ2) is 4.90. The average molecular weight is 279 g/mol. The number of fused-ring (bicyclic) bond motifs is 3. The van der Waals surface area contributed by atoms with Gasteiger partial charge in [-0.05, 0) is 42.1 Å². The van der Waals surface area contributed by atoms with E-state index in [0.29, 0.717) is 17.4 Å². The number of anilines is 2. The molecule has 21 heavy (non-hydrogen) atoms. The van der Waals surface area contributed by atoms with Gasteiger partial charge in [0, 0.05) is 23.3 Å². The fourth-order valence-corrected chi connectivity index (χ4v) is 3.96. The highest BCUT2D eigenvalue weighted by Gasteiger charge is 2.42. The molecule has 1 aliphatic heterocycles. The first kappa shape index (κ1) is 12.9. The fraction of sp³-hybridized carbons (Fsp3) is 0.294. The summed E-state index contributed by atoms with van der Waals surface area (Å²) in [5.74, 6) is 0.513. The molecule has 0 aromatic heterocycles. The fourth-order valence-electron chi connectivity index (χ4n) is 3.96. The van der Waals surface area contributed by atoms with E-state index >= 15 is 0 Å². The lowest BCUT2D eigenvalue weighted by Gasteiger charge is -2.27. The van der Waals surface area contributed by atoms with Crippen molar-refractivity contribution in [3.63, 3.8) is 0 Å². The Labute approximate surface area is 125 Å². The van der Waals surface area contributed by atoms with E-state index in [1.54, 1.807) is 0 Å². The van der Waals surface area contributed by atoms with Gasteiger partial charge in [-0.25, -0.2) is 0 Å². The van der Waals surface area contributed by atoms with Gasteiger partial charge in [-0.1, -0.05) is 36.8 Å². The van der Waals surface area contributed by atoms with E-state index in [1.165, 1.54) is 36.2 Å². The lowest BCUT2D eigenvalue weighted by Crippen LogP contribution is -2.30. The molecular formula is C17H18BNO2. The standard InChI is InChI=1S/C17H18BNO2/c20-18(21)12-9-10-17-15(11-12)14-7-4-8-16(14)19(17)13-5-2-1-3-6-13/h1-3,5-6,9-11,14,16,20-21H,4,7-8H2. The first-order valence-corrected chi connectivity index (χ1v) is 7.60. The van der Waals surface area contributed by atoms with Crippen LogP contribution in [0.4, 0.5) is 11.4 Å². The number of nitrogens with zero attached hydrogens (tertiary/aromatic N) is 1. The van der Waals surface area contributed by atoms with Crippen molar-refractivity contribution in [3.05, 3.63) is 54.1 Å². The zero-order valence-corrected chi connectivity index (χ0v) is 11.8. The van der Waals surface area contributed by atoms with E-state index in [4.69, 9.17) is 0 Å². The molecule has 0 spiro atoms. The normalized spacial score (nSPS) is 23.0. The Hall–Kier alpha value is -1.78. The van der Waals surface area contributed by atoms with Gasteiger partial charge in [0.1, 0.15) is 0 Å². The van der Waals surface area contributed by atoms with Gasteiger partial charge in [0.2, 0.25) is 0 Å². The molecule has 2 unspecified atom stereocenters. The molecule has 4 heteroatoms. The molecule has 2 aliphatic rings. The summed E-state index contributed by atoms with van der Waals surface area (Å²) < 4.78 is 0. The maximum absolute atomic E-state index is 9.42. The molecule has 2 N–H and O–H groups in total. The summed E-state index contributed by atoms with van der Waals surface area (Å²) in [5, 5.41) is 18.8. The van der Waals surface area contributed by atoms with Crippen molar-refractivity contribution in [2.75, 3.05) is 4.90 Å². The SMILES string of the molecule is OB(O)c1ccc2c(c1)C1CCCC1N2c1ccccc1. The molecule has 1 saturated carbocycles. The van der Waals surface area contributed by atoms with Crippen LogP contribution in [-0.2, 0) is 0 Å². The molecule has 4 rings (SSSR count). The van der Waals surface area contributed by atoms with Crippen LogP contribution in [0.25, 0.3) is 0 Å². The monoisotopic (exact) mass is 279 g/mol. The highest BCUT2D eigenvalue weighted by molar-refractivity contribution is 6.58. The summed E-state index contributed by atoms with van der Waals surface area (Å²) in [5.41, 5.74) is 4.31. The maximum atomic E-state index is 9.42. The highest BCUT2D eigenvalue weighted by Crippen LogP contribution is 2.51. The number of hydrogen-bond donors (Lipinski definition) is 2. The minimum atomic E-state index is -1.39. The molecule has 1 aliphatic carbocycles. The van der Waals surface area contributed by atoms with Crippen LogP contribution >= 0.6 is 0 Å². The van der Waals surface area contributed by atoms with Crippen molar-refractivity contribution in [1.82, 2.24) is 0 Å². The van der Waals surface area contributed by atoms with Gasteiger partial charge in [0.15, 0.2) is 0 Å². The summed E-state index contributed by atoms with van der Waals surface area (Å²) in [4.78, 5) is 2.43. The van der Waals surface area contributed by atoms with Gasteiger partial charge in [-0.3, -0.25) is 0 Å². The minimum Gasteiger partial charge on any atom is -0.423 e. The first-order chi connectivity index (χ1) is 10.3. The van der Waals surface area contributed by atoms with E-state index in [-0.39, 0.29) is 0 Å². The Morgan fingerprint density at radius 3 is 2.57 bits per heavy atom. The van der Waals surface area contributed by atoms with E-state index in [1.807, 2.05) is 24.3 Å². The Bertz CT molecular complexity index is 659. The van der Waals surface area contributed by atoms with Crippen LogP contribution in [0.5, 0.6) is 0 Å². The third-order valence-electron chi connectivity index (χ3n) is 4.85. The quantitative estimate of drug-likeness (QED) is 0.828. The van der Waals surface area contributed by atoms with Crippen molar-refractivity contribution >= 4 is 24.0 Å². The maximum Gasteiger partial charge on any atom is 0.488 e. The summed E-state index contributed by atoms with van der Waals surface area (Å²) in [6.07, 6.45) is 3.63. The number of benzene rings is 2. The van der Waals surface area contributed by atoms with Crippen molar-refractivity contribution in [1.29, 1.82) is 0 Å². The van der Waals surface area contributed by atoms with Crippen LogP contribution in [0.15, 0.2) is 48.5 Å². The summed E-state index contributed by atoms with van der Waals surface area (Å²) in [6.45, 7) is 0. The predicted molar refractivity (Wildman–Crippen MR) is 85.2 cm³/mol. The third kappa shape index (κ3) is 1.98. The molecule has 3 nitrogen and oxygen atoms in total. The Kier molecular flexibility index (Phi) is 3.02. The molecule has 1 fully saturated rings. The predicted octanol–water partition coefficient (Wildman–Crippen LogP) is 2.15. The molecule has 0 saturated heterocycles. The van der Waals surface area contributed by atoms with Crippen LogP contribution in [0.3, 0.4) is 0 Å². The molecule has 2 aromatic carbocycles. The Morgan fingerprint density at radius 2 is 1.81 bits per heavy atom. The van der Waals surface area contributed by atoms with Gasteiger partial charge in [-0.15, -0.1) is 0 Å². The number of para-hydroxylation sites is 1. The molecule has 2 atom stereocenters. The Balaban J connectivity index is 1.84. The lowest BCUT2D eigenvalue weighted by molar-refractivity contribution is 0.425. The first-order valence-electron chi connectivity index (χ1n) is 7.60. The van der Waals surface area contributed by atoms with E-state index in [2.05, 4.69) is 29.2 Å². The summed E-state index contributed by atoms with van der Waals surface area (Å²) >= 11 is 0. The Morgan fingerprint density at radius 1 is 1.00 bits per heavy atom. The summed E-state index contributed by atoms with van der Waals surface area (Å²) in [7, 11) is -1.39. The highest BCUT2D eigenvalue weighted by atomic mass is 16.4. The molecular weight excluding hydrogens is 261 g/mol. The van der Waals surface area contributed by atoms with Crippen molar-refractivity contribution in [3.8, 4) is 0 Å². The van der Waals surface area contributed by atoms with Gasteiger partial charge >= 0.3 is 7.12 Å². The lowest BCUT2D eigenvalue weighted by atomic mass is 9.78. The second-order valence-electron chi connectivity index (χ2n) is 6.00. The molecule has 2 aromatic rings. The molecule has 0 radical (unpaired) electrons. The second-order valence-corrected chi connectivity index (χ2v) is 6.00. The topological polar surface area (TPSA) is 43.7 Å². The average Bonchev–Trinajstić information content (AvgIpc) is 3.07. The number of rotatable bonds is 2. The van der Waals surface area contributed by atoms with Gasteiger partial charge in [0.25, 0.3) is 0 Å². The van der Waals surface area contributed by atoms with Gasteiger partial charge in [-0.2, -0.15) is 0 Å².